The molecule has 0 aromatic heterocycles. The van der Waals surface area contributed by atoms with Gasteiger partial charge in [-0.25, -0.2) is 9.18 Å². The lowest BCUT2D eigenvalue weighted by atomic mass is 10.1. The molecule has 21 heavy (non-hydrogen) atoms. The minimum Gasteiger partial charge on any atom is -0.477 e. The first kappa shape index (κ1) is 14.3. The monoisotopic (exact) mass is 283 g/mol. The van der Waals surface area contributed by atoms with Crippen LogP contribution < -0.4 is 4.74 Å². The first-order chi connectivity index (χ1) is 10.1. The Kier molecular flexibility index (Phi) is 4.32. The molecular weight excluding hydrogens is 273 g/mol. The molecule has 0 radical (unpaired) electrons. The molecule has 0 aliphatic heterocycles. The maximum absolute atomic E-state index is 12.8. The Morgan fingerprint density at radius 3 is 2.10 bits per heavy atom. The number of carbonyl (C=O) groups is 1. The minimum atomic E-state index is -1.27. The first-order valence-electron chi connectivity index (χ1n) is 5.97. The summed E-state index contributed by atoms with van der Waals surface area (Å²) in [6.45, 7) is 0. The lowest BCUT2D eigenvalue weighted by Crippen LogP contribution is -1.97. The number of carboxylic acids is 1. The van der Waals surface area contributed by atoms with Gasteiger partial charge in [0.05, 0.1) is 0 Å². The lowest BCUT2D eigenvalue weighted by Gasteiger charge is -2.05. The number of halogens is 1. The van der Waals surface area contributed by atoms with Gasteiger partial charge >= 0.3 is 5.97 Å². The molecule has 0 aliphatic rings. The van der Waals surface area contributed by atoms with E-state index in [9.17, 15) is 9.18 Å². The summed E-state index contributed by atoms with van der Waals surface area (Å²) < 4.78 is 18.3. The Morgan fingerprint density at radius 1 is 1.10 bits per heavy atom. The third-order valence-electron chi connectivity index (χ3n) is 2.59. The maximum atomic E-state index is 12.8. The number of hydrogen-bond acceptors (Lipinski definition) is 3. The van der Waals surface area contributed by atoms with Crippen LogP contribution in [0.1, 0.15) is 5.56 Å². The fourth-order valence-electron chi connectivity index (χ4n) is 1.58. The Balaban J connectivity index is 2.14. The third kappa shape index (κ3) is 3.91. The van der Waals surface area contributed by atoms with Crippen molar-refractivity contribution in [3.63, 3.8) is 0 Å². The standard InChI is InChI=1S/C16H10FNO3/c17-13-3-7-15(8-4-13)21-14-5-1-11(2-6-14)9-12(10-18)16(19)20/h1-9H,(H,19,20). The number of rotatable bonds is 4. The molecule has 0 saturated carbocycles. The normalized spacial score (nSPS) is 10.8. The van der Waals surface area contributed by atoms with Crippen molar-refractivity contribution in [1.29, 1.82) is 5.26 Å². The summed E-state index contributed by atoms with van der Waals surface area (Å²) in [4.78, 5) is 10.7. The topological polar surface area (TPSA) is 70.3 Å². The Morgan fingerprint density at radius 2 is 1.62 bits per heavy atom. The molecule has 2 aromatic carbocycles. The predicted octanol–water partition coefficient (Wildman–Crippen LogP) is 3.61. The number of hydrogen-bond donors (Lipinski definition) is 1. The summed E-state index contributed by atoms with van der Waals surface area (Å²) in [6.07, 6.45) is 1.27. The van der Waals surface area contributed by atoms with E-state index in [1.54, 1.807) is 30.3 Å². The van der Waals surface area contributed by atoms with Gasteiger partial charge in [-0.2, -0.15) is 5.26 Å². The van der Waals surface area contributed by atoms with Crippen LogP contribution in [0.3, 0.4) is 0 Å². The molecule has 4 nitrogen and oxygen atoms in total. The fourth-order valence-corrected chi connectivity index (χ4v) is 1.58. The van der Waals surface area contributed by atoms with Crippen LogP contribution in [0.2, 0.25) is 0 Å². The van der Waals surface area contributed by atoms with E-state index in [4.69, 9.17) is 15.1 Å². The van der Waals surface area contributed by atoms with Crippen LogP contribution in [0.4, 0.5) is 4.39 Å². The minimum absolute atomic E-state index is 0.345. The SMILES string of the molecule is N#CC(=Cc1ccc(Oc2ccc(F)cc2)cc1)C(=O)O. The average Bonchev–Trinajstić information content (AvgIpc) is 2.48. The second-order valence-corrected chi connectivity index (χ2v) is 4.10. The van der Waals surface area contributed by atoms with E-state index in [1.807, 2.05) is 0 Å². The molecule has 2 aromatic rings. The van der Waals surface area contributed by atoms with Gasteiger partial charge < -0.3 is 9.84 Å². The van der Waals surface area contributed by atoms with Crippen LogP contribution >= 0.6 is 0 Å². The molecule has 5 heteroatoms. The highest BCUT2D eigenvalue weighted by Crippen LogP contribution is 2.22. The molecule has 0 amide bonds. The molecule has 0 spiro atoms. The zero-order chi connectivity index (χ0) is 15.2. The summed E-state index contributed by atoms with van der Waals surface area (Å²) in [6, 6.07) is 13.7. The number of nitrogens with zero attached hydrogens (tertiary/aromatic N) is 1. The number of aliphatic carboxylic acids is 1. The third-order valence-corrected chi connectivity index (χ3v) is 2.59. The Bertz CT molecular complexity index is 713. The molecular formula is C16H10FNO3. The lowest BCUT2D eigenvalue weighted by molar-refractivity contribution is -0.132. The zero-order valence-corrected chi connectivity index (χ0v) is 10.8. The van der Waals surface area contributed by atoms with Crippen LogP contribution in [0.15, 0.2) is 54.1 Å². The van der Waals surface area contributed by atoms with Crippen molar-refractivity contribution in [2.75, 3.05) is 0 Å². The van der Waals surface area contributed by atoms with Gasteiger partial charge in [0.1, 0.15) is 29.0 Å². The highest BCUT2D eigenvalue weighted by Gasteiger charge is 2.05. The van der Waals surface area contributed by atoms with Gasteiger partial charge in [0.15, 0.2) is 0 Å². The molecule has 0 unspecified atom stereocenters. The van der Waals surface area contributed by atoms with Gasteiger partial charge in [0.2, 0.25) is 0 Å². The van der Waals surface area contributed by atoms with Crippen LogP contribution in [-0.4, -0.2) is 11.1 Å². The van der Waals surface area contributed by atoms with Crippen molar-refractivity contribution in [2.24, 2.45) is 0 Å². The van der Waals surface area contributed by atoms with E-state index in [0.29, 0.717) is 17.1 Å². The van der Waals surface area contributed by atoms with Crippen LogP contribution in [0, 0.1) is 17.1 Å². The Labute approximate surface area is 120 Å². The van der Waals surface area contributed by atoms with Crippen molar-refractivity contribution in [3.05, 3.63) is 65.5 Å². The van der Waals surface area contributed by atoms with E-state index in [0.717, 1.165) is 0 Å². The van der Waals surface area contributed by atoms with E-state index >= 15 is 0 Å². The average molecular weight is 283 g/mol. The molecule has 0 saturated heterocycles. The zero-order valence-electron chi connectivity index (χ0n) is 10.8. The number of carboxylic acid groups (broad SMARTS) is 1. The van der Waals surface area contributed by atoms with Crippen molar-refractivity contribution in [2.45, 2.75) is 0 Å². The molecule has 0 aliphatic carbocycles. The predicted molar refractivity (Wildman–Crippen MR) is 74.1 cm³/mol. The summed E-state index contributed by atoms with van der Waals surface area (Å²) in [5.41, 5.74) is 0.225. The molecule has 0 atom stereocenters. The first-order valence-corrected chi connectivity index (χ1v) is 5.97. The summed E-state index contributed by atoms with van der Waals surface area (Å²) >= 11 is 0. The molecule has 0 bridgehead atoms. The largest absolute Gasteiger partial charge is 0.477 e. The van der Waals surface area contributed by atoms with Crippen LogP contribution in [0.5, 0.6) is 11.5 Å². The molecule has 2 rings (SSSR count). The molecule has 0 heterocycles. The highest BCUT2D eigenvalue weighted by atomic mass is 19.1. The number of ether oxygens (including phenoxy) is 1. The van der Waals surface area contributed by atoms with Gasteiger partial charge in [0.25, 0.3) is 0 Å². The highest BCUT2D eigenvalue weighted by molar-refractivity contribution is 5.96. The van der Waals surface area contributed by atoms with Crippen molar-refractivity contribution in [3.8, 4) is 17.6 Å². The maximum Gasteiger partial charge on any atom is 0.346 e. The van der Waals surface area contributed by atoms with Crippen LogP contribution in [0.25, 0.3) is 6.08 Å². The summed E-state index contributed by atoms with van der Waals surface area (Å²) in [5.74, 6) is -0.611. The van der Waals surface area contributed by atoms with E-state index < -0.39 is 5.97 Å². The van der Waals surface area contributed by atoms with Gasteiger partial charge in [-0.3, -0.25) is 0 Å². The van der Waals surface area contributed by atoms with Gasteiger partial charge in [-0.1, -0.05) is 12.1 Å². The van der Waals surface area contributed by atoms with Crippen molar-refractivity contribution in [1.82, 2.24) is 0 Å². The second-order valence-electron chi connectivity index (χ2n) is 4.10. The smallest absolute Gasteiger partial charge is 0.346 e. The van der Waals surface area contributed by atoms with Crippen LogP contribution in [-0.2, 0) is 4.79 Å². The summed E-state index contributed by atoms with van der Waals surface area (Å²) in [5, 5.41) is 17.4. The van der Waals surface area contributed by atoms with E-state index in [-0.39, 0.29) is 11.4 Å². The Hall–Kier alpha value is -3.13. The quantitative estimate of drug-likeness (QED) is 0.687. The van der Waals surface area contributed by atoms with Gasteiger partial charge in [0, 0.05) is 0 Å². The number of benzene rings is 2. The fraction of sp³-hybridized carbons (Fsp3) is 0. The molecule has 104 valence electrons. The van der Waals surface area contributed by atoms with Crippen molar-refractivity contribution < 1.29 is 19.0 Å². The molecule has 1 N–H and O–H groups in total. The van der Waals surface area contributed by atoms with Gasteiger partial charge in [-0.05, 0) is 48.0 Å². The number of nitriles is 1. The van der Waals surface area contributed by atoms with Gasteiger partial charge in [-0.15, -0.1) is 0 Å². The molecule has 0 fully saturated rings. The van der Waals surface area contributed by atoms with E-state index in [2.05, 4.69) is 0 Å². The van der Waals surface area contributed by atoms with Crippen molar-refractivity contribution >= 4 is 12.0 Å². The summed E-state index contributed by atoms with van der Waals surface area (Å²) in [7, 11) is 0. The second kappa shape index (κ2) is 6.35. The van der Waals surface area contributed by atoms with E-state index in [1.165, 1.54) is 30.3 Å².